The van der Waals surface area contributed by atoms with Crippen LogP contribution in [0.15, 0.2) is 22.9 Å². The van der Waals surface area contributed by atoms with Crippen molar-refractivity contribution in [3.8, 4) is 0 Å². The van der Waals surface area contributed by atoms with Gasteiger partial charge in [0.05, 0.1) is 0 Å². The van der Waals surface area contributed by atoms with Crippen LogP contribution in [0.2, 0.25) is 0 Å². The molecule has 19 heavy (non-hydrogen) atoms. The quantitative estimate of drug-likeness (QED) is 0.743. The smallest absolute Gasteiger partial charge is 0.254 e. The highest BCUT2D eigenvalue weighted by Crippen LogP contribution is 2.22. The van der Waals surface area contributed by atoms with Gasteiger partial charge in [0.1, 0.15) is 4.60 Å². The van der Waals surface area contributed by atoms with Crippen molar-refractivity contribution in [2.75, 3.05) is 26.2 Å². The maximum Gasteiger partial charge on any atom is 0.254 e. The molecule has 3 rings (SSSR count). The molecule has 0 N–H and O–H groups in total. The highest BCUT2D eigenvalue weighted by Gasteiger charge is 2.30. The van der Waals surface area contributed by atoms with Crippen LogP contribution in [0.3, 0.4) is 0 Å². The summed E-state index contributed by atoms with van der Waals surface area (Å²) in [5, 5.41) is 0. The fourth-order valence-electron chi connectivity index (χ4n) is 3.11. The maximum atomic E-state index is 12.6. The highest BCUT2D eigenvalue weighted by atomic mass is 79.9. The van der Waals surface area contributed by atoms with Gasteiger partial charge in [0.15, 0.2) is 0 Å². The van der Waals surface area contributed by atoms with E-state index in [4.69, 9.17) is 0 Å². The van der Waals surface area contributed by atoms with Crippen LogP contribution in [0.5, 0.6) is 0 Å². The van der Waals surface area contributed by atoms with Crippen molar-refractivity contribution in [2.45, 2.75) is 25.3 Å². The molecule has 0 aromatic carbocycles. The third-order valence-electron chi connectivity index (χ3n) is 4.06. The second-order valence-electron chi connectivity index (χ2n) is 5.30. The zero-order valence-electron chi connectivity index (χ0n) is 10.9. The average Bonchev–Trinajstić information content (AvgIpc) is 2.75. The topological polar surface area (TPSA) is 36.4 Å². The van der Waals surface area contributed by atoms with Crippen LogP contribution in [-0.2, 0) is 0 Å². The Morgan fingerprint density at radius 1 is 1.32 bits per heavy atom. The summed E-state index contributed by atoms with van der Waals surface area (Å²) in [6.45, 7) is 4.08. The van der Waals surface area contributed by atoms with Gasteiger partial charge in [-0.15, -0.1) is 0 Å². The molecule has 102 valence electrons. The first-order valence-corrected chi connectivity index (χ1v) is 7.68. The normalized spacial score (nSPS) is 24.1. The lowest BCUT2D eigenvalue weighted by atomic mass is 10.2. The summed E-state index contributed by atoms with van der Waals surface area (Å²) < 4.78 is 0.718. The van der Waals surface area contributed by atoms with E-state index < -0.39 is 0 Å². The number of amides is 1. The van der Waals surface area contributed by atoms with Crippen molar-refractivity contribution < 1.29 is 4.79 Å². The lowest BCUT2D eigenvalue weighted by Gasteiger charge is -2.25. The number of aromatic nitrogens is 1. The number of fused-ring (bicyclic) bond motifs is 1. The molecule has 0 radical (unpaired) electrons. The standard InChI is InChI=1S/C14H18BrN3O/c15-13-9-11(4-5-16-13)14(19)18-8-2-7-17-6-1-3-12(17)10-18/h4-5,9,12H,1-3,6-8,10H2. The molecule has 1 amide bonds. The monoisotopic (exact) mass is 323 g/mol. The Balaban J connectivity index is 1.75. The minimum Gasteiger partial charge on any atom is -0.337 e. The molecule has 0 aliphatic carbocycles. The molecule has 1 aromatic heterocycles. The molecule has 0 bridgehead atoms. The predicted molar refractivity (Wildman–Crippen MR) is 77.1 cm³/mol. The zero-order valence-corrected chi connectivity index (χ0v) is 12.5. The van der Waals surface area contributed by atoms with E-state index in [0.29, 0.717) is 6.04 Å². The largest absolute Gasteiger partial charge is 0.337 e. The predicted octanol–water partition coefficient (Wildman–Crippen LogP) is 2.15. The van der Waals surface area contributed by atoms with Gasteiger partial charge >= 0.3 is 0 Å². The van der Waals surface area contributed by atoms with E-state index in [0.717, 1.165) is 36.2 Å². The molecule has 2 saturated heterocycles. The molecule has 4 nitrogen and oxygen atoms in total. The fraction of sp³-hybridized carbons (Fsp3) is 0.571. The van der Waals surface area contributed by atoms with Crippen molar-refractivity contribution in [1.82, 2.24) is 14.8 Å². The third kappa shape index (κ3) is 2.82. The Morgan fingerprint density at radius 2 is 2.16 bits per heavy atom. The number of nitrogens with zero attached hydrogens (tertiary/aromatic N) is 3. The molecule has 1 unspecified atom stereocenters. The zero-order chi connectivity index (χ0) is 13.2. The number of halogens is 1. The van der Waals surface area contributed by atoms with Crippen LogP contribution < -0.4 is 0 Å². The molecule has 1 aromatic rings. The first-order chi connectivity index (χ1) is 9.24. The average molecular weight is 324 g/mol. The van der Waals surface area contributed by atoms with E-state index in [1.54, 1.807) is 18.3 Å². The van der Waals surface area contributed by atoms with Crippen molar-refractivity contribution >= 4 is 21.8 Å². The molecule has 0 saturated carbocycles. The van der Waals surface area contributed by atoms with Gasteiger partial charge in [-0.25, -0.2) is 4.98 Å². The van der Waals surface area contributed by atoms with E-state index in [1.165, 1.54) is 19.4 Å². The Kier molecular flexibility index (Phi) is 3.84. The lowest BCUT2D eigenvalue weighted by Crippen LogP contribution is -2.39. The maximum absolute atomic E-state index is 12.6. The van der Waals surface area contributed by atoms with E-state index in [1.807, 2.05) is 4.90 Å². The van der Waals surface area contributed by atoms with Gasteiger partial charge in [-0.2, -0.15) is 0 Å². The van der Waals surface area contributed by atoms with Crippen LogP contribution in [0.1, 0.15) is 29.6 Å². The minimum atomic E-state index is 0.136. The molecule has 2 aliphatic heterocycles. The Labute approximate surface area is 121 Å². The van der Waals surface area contributed by atoms with E-state index in [2.05, 4.69) is 25.8 Å². The van der Waals surface area contributed by atoms with Gasteiger partial charge in [0, 0.05) is 37.4 Å². The Morgan fingerprint density at radius 3 is 3.00 bits per heavy atom. The number of carbonyl (C=O) groups excluding carboxylic acids is 1. The molecule has 0 spiro atoms. The molecular weight excluding hydrogens is 306 g/mol. The first-order valence-electron chi connectivity index (χ1n) is 6.89. The number of hydrogen-bond acceptors (Lipinski definition) is 3. The number of hydrogen-bond donors (Lipinski definition) is 0. The number of rotatable bonds is 1. The lowest BCUT2D eigenvalue weighted by molar-refractivity contribution is 0.0743. The summed E-state index contributed by atoms with van der Waals surface area (Å²) in [6.07, 6.45) is 5.25. The summed E-state index contributed by atoms with van der Waals surface area (Å²) in [6, 6.07) is 4.17. The molecule has 3 heterocycles. The third-order valence-corrected chi connectivity index (χ3v) is 4.50. The van der Waals surface area contributed by atoms with Gasteiger partial charge in [0.25, 0.3) is 5.91 Å². The van der Waals surface area contributed by atoms with Gasteiger partial charge in [-0.3, -0.25) is 9.69 Å². The summed E-state index contributed by atoms with van der Waals surface area (Å²) >= 11 is 3.32. The number of pyridine rings is 1. The summed E-state index contributed by atoms with van der Waals surface area (Å²) in [5.41, 5.74) is 0.730. The van der Waals surface area contributed by atoms with Crippen LogP contribution >= 0.6 is 15.9 Å². The minimum absolute atomic E-state index is 0.136. The summed E-state index contributed by atoms with van der Waals surface area (Å²) in [7, 11) is 0. The first kappa shape index (κ1) is 13.1. The van der Waals surface area contributed by atoms with E-state index in [9.17, 15) is 4.79 Å². The van der Waals surface area contributed by atoms with Crippen LogP contribution in [-0.4, -0.2) is 52.9 Å². The summed E-state index contributed by atoms with van der Waals surface area (Å²) in [5.74, 6) is 0.136. The van der Waals surface area contributed by atoms with Crippen LogP contribution in [0.4, 0.5) is 0 Å². The molecule has 2 fully saturated rings. The van der Waals surface area contributed by atoms with Crippen molar-refractivity contribution in [2.24, 2.45) is 0 Å². The van der Waals surface area contributed by atoms with Gasteiger partial charge in [0.2, 0.25) is 0 Å². The van der Waals surface area contributed by atoms with Gasteiger partial charge in [-0.05, 0) is 53.9 Å². The van der Waals surface area contributed by atoms with E-state index in [-0.39, 0.29) is 5.91 Å². The molecule has 2 aliphatic rings. The molecular formula is C14H18BrN3O. The molecule has 1 atom stereocenters. The fourth-order valence-corrected chi connectivity index (χ4v) is 3.47. The Bertz CT molecular complexity index is 480. The van der Waals surface area contributed by atoms with Crippen molar-refractivity contribution in [1.29, 1.82) is 0 Å². The van der Waals surface area contributed by atoms with Gasteiger partial charge in [-0.1, -0.05) is 0 Å². The van der Waals surface area contributed by atoms with Crippen molar-refractivity contribution in [3.05, 3.63) is 28.5 Å². The summed E-state index contributed by atoms with van der Waals surface area (Å²) in [4.78, 5) is 21.2. The van der Waals surface area contributed by atoms with E-state index >= 15 is 0 Å². The SMILES string of the molecule is O=C(c1ccnc(Br)c1)N1CCCN2CCCC2C1. The van der Waals surface area contributed by atoms with Gasteiger partial charge < -0.3 is 4.90 Å². The van der Waals surface area contributed by atoms with Crippen LogP contribution in [0, 0.1) is 0 Å². The van der Waals surface area contributed by atoms with Crippen molar-refractivity contribution in [3.63, 3.8) is 0 Å². The Hall–Kier alpha value is -0.940. The second-order valence-corrected chi connectivity index (χ2v) is 6.12. The van der Waals surface area contributed by atoms with Crippen LogP contribution in [0.25, 0.3) is 0 Å². The second kappa shape index (κ2) is 5.59. The molecule has 5 heteroatoms. The highest BCUT2D eigenvalue weighted by molar-refractivity contribution is 9.10. The number of carbonyl (C=O) groups is 1.